The van der Waals surface area contributed by atoms with Crippen molar-refractivity contribution in [3.05, 3.63) is 218 Å². The molecular weight excluding hydrogens is 733 g/mol. The number of fused-ring (bicyclic) bond motifs is 4. The first-order valence-electron chi connectivity index (χ1n) is 20.1. The molecule has 0 aliphatic heterocycles. The van der Waals surface area contributed by atoms with Crippen molar-refractivity contribution < 1.29 is 4.42 Å². The largest absolute Gasteiger partial charge is 0.456 e. The van der Waals surface area contributed by atoms with Gasteiger partial charge in [-0.3, -0.25) is 0 Å². The number of furan rings is 1. The second-order valence-corrected chi connectivity index (χ2v) is 14.8. The van der Waals surface area contributed by atoms with Gasteiger partial charge in [0.2, 0.25) is 0 Å². The lowest BCUT2D eigenvalue weighted by Gasteiger charge is -2.25. The molecule has 0 aliphatic rings. The summed E-state index contributed by atoms with van der Waals surface area (Å²) in [6.45, 7) is 0. The van der Waals surface area contributed by atoms with Crippen molar-refractivity contribution in [1.29, 1.82) is 0 Å². The van der Waals surface area contributed by atoms with Gasteiger partial charge in [-0.25, -0.2) is 15.0 Å². The molecule has 0 atom stereocenters. The normalized spacial score (nSPS) is 11.3. The van der Waals surface area contributed by atoms with Crippen LogP contribution in [0.2, 0.25) is 0 Å². The molecule has 9 aromatic carbocycles. The van der Waals surface area contributed by atoms with Crippen LogP contribution in [-0.4, -0.2) is 15.0 Å². The standard InChI is InChI=1S/C55H36N4O/c1-5-17-38(18-6-1)53-56-54(39-19-7-2-8-20-39)58-55(57-53)47-34-33-46(44-25-13-14-26-45(44)47)49-35-40(36-51-52(49)48-27-15-16-28-50(48)60-51)37-29-31-43(32-30-37)59(41-21-9-3-10-22-41)42-23-11-4-12-24-42/h1-36H. The van der Waals surface area contributed by atoms with Crippen LogP contribution in [0, 0.1) is 0 Å². The molecule has 0 bridgehead atoms. The van der Waals surface area contributed by atoms with Gasteiger partial charge in [0.25, 0.3) is 0 Å². The lowest BCUT2D eigenvalue weighted by atomic mass is 9.90. The van der Waals surface area contributed by atoms with Crippen LogP contribution >= 0.6 is 0 Å². The quantitative estimate of drug-likeness (QED) is 0.154. The molecule has 5 nitrogen and oxygen atoms in total. The molecule has 0 amide bonds. The van der Waals surface area contributed by atoms with E-state index in [1.165, 1.54) is 0 Å². The lowest BCUT2D eigenvalue weighted by molar-refractivity contribution is 0.669. The highest BCUT2D eigenvalue weighted by atomic mass is 16.3. The maximum Gasteiger partial charge on any atom is 0.164 e. The van der Waals surface area contributed by atoms with Gasteiger partial charge in [0.15, 0.2) is 17.5 Å². The number of para-hydroxylation sites is 3. The van der Waals surface area contributed by atoms with E-state index in [4.69, 9.17) is 19.4 Å². The molecule has 0 saturated heterocycles. The van der Waals surface area contributed by atoms with E-state index in [2.05, 4.69) is 150 Å². The molecule has 2 aromatic heterocycles. The summed E-state index contributed by atoms with van der Waals surface area (Å²) < 4.78 is 6.63. The smallest absolute Gasteiger partial charge is 0.164 e. The second-order valence-electron chi connectivity index (χ2n) is 14.8. The zero-order valence-electron chi connectivity index (χ0n) is 32.5. The Morgan fingerprint density at radius 2 is 0.767 bits per heavy atom. The molecule has 0 radical (unpaired) electrons. The van der Waals surface area contributed by atoms with Crippen LogP contribution in [0.3, 0.4) is 0 Å². The first-order valence-corrected chi connectivity index (χ1v) is 20.1. The monoisotopic (exact) mass is 768 g/mol. The van der Waals surface area contributed by atoms with Crippen molar-refractivity contribution in [1.82, 2.24) is 15.0 Å². The van der Waals surface area contributed by atoms with Crippen LogP contribution in [0.4, 0.5) is 17.1 Å². The van der Waals surface area contributed by atoms with Crippen LogP contribution in [0.15, 0.2) is 223 Å². The summed E-state index contributed by atoms with van der Waals surface area (Å²) in [5.74, 6) is 1.89. The Morgan fingerprint density at radius 1 is 0.300 bits per heavy atom. The summed E-state index contributed by atoms with van der Waals surface area (Å²) in [5.41, 5.74) is 12.1. The molecule has 60 heavy (non-hydrogen) atoms. The van der Waals surface area contributed by atoms with E-state index in [1.54, 1.807) is 0 Å². The van der Waals surface area contributed by atoms with Gasteiger partial charge in [-0.15, -0.1) is 0 Å². The fourth-order valence-corrected chi connectivity index (χ4v) is 8.30. The van der Waals surface area contributed by atoms with Gasteiger partial charge in [-0.2, -0.15) is 0 Å². The molecule has 0 fully saturated rings. The molecule has 0 aliphatic carbocycles. The summed E-state index contributed by atoms with van der Waals surface area (Å²) in [6, 6.07) is 75.7. The Morgan fingerprint density at radius 3 is 1.37 bits per heavy atom. The number of benzene rings is 9. The van der Waals surface area contributed by atoms with Crippen LogP contribution in [0.25, 0.3) is 89.1 Å². The average molecular weight is 769 g/mol. The number of nitrogens with zero attached hydrogens (tertiary/aromatic N) is 4. The maximum absolute atomic E-state index is 6.63. The lowest BCUT2D eigenvalue weighted by Crippen LogP contribution is -2.09. The van der Waals surface area contributed by atoms with Gasteiger partial charge >= 0.3 is 0 Å². The number of rotatable bonds is 8. The average Bonchev–Trinajstić information content (AvgIpc) is 3.71. The third-order valence-corrected chi connectivity index (χ3v) is 11.1. The Kier molecular flexibility index (Phi) is 8.75. The van der Waals surface area contributed by atoms with Gasteiger partial charge in [0.05, 0.1) is 0 Å². The summed E-state index contributed by atoms with van der Waals surface area (Å²) in [7, 11) is 0. The number of anilines is 3. The minimum atomic E-state index is 0.623. The number of hydrogen-bond donors (Lipinski definition) is 0. The van der Waals surface area contributed by atoms with E-state index in [0.29, 0.717) is 17.5 Å². The summed E-state index contributed by atoms with van der Waals surface area (Å²) in [6.07, 6.45) is 0. The molecule has 0 saturated carbocycles. The number of hydrogen-bond acceptors (Lipinski definition) is 5. The highest BCUT2D eigenvalue weighted by molar-refractivity contribution is 6.17. The van der Waals surface area contributed by atoms with Crippen molar-refractivity contribution in [3.8, 4) is 56.4 Å². The molecular formula is C55H36N4O. The molecule has 11 rings (SSSR count). The van der Waals surface area contributed by atoms with Crippen molar-refractivity contribution in [2.75, 3.05) is 4.90 Å². The predicted octanol–water partition coefficient (Wildman–Crippen LogP) is 14.7. The van der Waals surface area contributed by atoms with E-state index in [9.17, 15) is 0 Å². The Hall–Kier alpha value is -8.15. The van der Waals surface area contributed by atoms with Crippen molar-refractivity contribution in [3.63, 3.8) is 0 Å². The maximum atomic E-state index is 6.63. The minimum absolute atomic E-state index is 0.623. The van der Waals surface area contributed by atoms with Crippen molar-refractivity contribution in [2.45, 2.75) is 0 Å². The topological polar surface area (TPSA) is 55.1 Å². The van der Waals surface area contributed by atoms with E-state index < -0.39 is 0 Å². The highest BCUT2D eigenvalue weighted by Crippen LogP contribution is 2.44. The molecule has 282 valence electrons. The zero-order valence-corrected chi connectivity index (χ0v) is 32.5. The van der Waals surface area contributed by atoms with Gasteiger partial charge in [0.1, 0.15) is 11.2 Å². The molecule has 2 heterocycles. The van der Waals surface area contributed by atoms with Gasteiger partial charge in [-0.1, -0.05) is 158 Å². The number of aromatic nitrogens is 3. The molecule has 5 heteroatoms. The van der Waals surface area contributed by atoms with Crippen molar-refractivity contribution >= 4 is 49.8 Å². The molecule has 0 spiro atoms. The zero-order chi connectivity index (χ0) is 39.8. The third kappa shape index (κ3) is 6.35. The molecule has 11 aromatic rings. The first kappa shape index (κ1) is 35.0. The first-order chi connectivity index (χ1) is 29.7. The van der Waals surface area contributed by atoms with E-state index in [-0.39, 0.29) is 0 Å². The predicted molar refractivity (Wildman–Crippen MR) is 246 cm³/mol. The third-order valence-electron chi connectivity index (χ3n) is 11.1. The van der Waals surface area contributed by atoms with E-state index in [1.807, 2.05) is 72.8 Å². The SMILES string of the molecule is c1ccc(-c2nc(-c3ccccc3)nc(-c3ccc(-c4cc(-c5ccc(N(c6ccccc6)c6ccccc6)cc5)cc5oc6ccccc6c45)c4ccccc34)n2)cc1. The van der Waals surface area contributed by atoms with Crippen LogP contribution in [0.5, 0.6) is 0 Å². The minimum Gasteiger partial charge on any atom is -0.456 e. The van der Waals surface area contributed by atoms with Crippen LogP contribution in [-0.2, 0) is 0 Å². The summed E-state index contributed by atoms with van der Waals surface area (Å²) >= 11 is 0. The van der Waals surface area contributed by atoms with Crippen LogP contribution < -0.4 is 4.90 Å². The Bertz CT molecular complexity index is 3200. The summed E-state index contributed by atoms with van der Waals surface area (Å²) in [5, 5.41) is 4.31. The van der Waals surface area contributed by atoms with Gasteiger partial charge in [0, 0.05) is 44.5 Å². The van der Waals surface area contributed by atoms with Crippen LogP contribution in [0.1, 0.15) is 0 Å². The fraction of sp³-hybridized carbons (Fsp3) is 0. The van der Waals surface area contributed by atoms with Gasteiger partial charge < -0.3 is 9.32 Å². The van der Waals surface area contributed by atoms with E-state index >= 15 is 0 Å². The van der Waals surface area contributed by atoms with Gasteiger partial charge in [-0.05, 0) is 93.7 Å². The summed E-state index contributed by atoms with van der Waals surface area (Å²) in [4.78, 5) is 17.4. The Balaban J connectivity index is 1.08. The highest BCUT2D eigenvalue weighted by Gasteiger charge is 2.20. The molecule has 0 unspecified atom stereocenters. The Labute approximate surface area is 347 Å². The molecule has 0 N–H and O–H groups in total. The van der Waals surface area contributed by atoms with E-state index in [0.717, 1.165) is 88.7 Å². The van der Waals surface area contributed by atoms with Crippen molar-refractivity contribution in [2.24, 2.45) is 0 Å². The second kappa shape index (κ2) is 15.0. The fourth-order valence-electron chi connectivity index (χ4n) is 8.30.